The Bertz CT molecular complexity index is 1350. The first-order valence-corrected chi connectivity index (χ1v) is 10.4. The van der Waals surface area contributed by atoms with Crippen molar-refractivity contribution in [3.8, 4) is 23.0 Å². The molecule has 0 fully saturated rings. The highest BCUT2D eigenvalue weighted by molar-refractivity contribution is 5.63. The summed E-state index contributed by atoms with van der Waals surface area (Å²) < 4.78 is 6.87. The van der Waals surface area contributed by atoms with Crippen LogP contribution in [0.2, 0.25) is 0 Å². The van der Waals surface area contributed by atoms with E-state index >= 15 is 0 Å². The van der Waals surface area contributed by atoms with Gasteiger partial charge in [-0.05, 0) is 11.1 Å². The van der Waals surface area contributed by atoms with E-state index in [4.69, 9.17) is 14.7 Å². The fourth-order valence-electron chi connectivity index (χ4n) is 3.75. The molecule has 0 aliphatic rings. The van der Waals surface area contributed by atoms with Crippen LogP contribution in [0.4, 0.5) is 0 Å². The van der Waals surface area contributed by atoms with Crippen LogP contribution in [-0.2, 0) is 12.8 Å². The molecule has 158 valence electrons. The lowest BCUT2D eigenvalue weighted by atomic mass is 10.1. The molecular weight excluding hydrogens is 400 g/mol. The maximum Gasteiger partial charge on any atom is 0.219 e. The number of hydrogen-bond donors (Lipinski definition) is 1. The Morgan fingerprint density at radius 1 is 0.812 bits per heavy atom. The molecule has 0 saturated carbocycles. The molecule has 6 nitrogen and oxygen atoms in total. The summed E-state index contributed by atoms with van der Waals surface area (Å²) in [5.41, 5.74) is 5.89. The first-order chi connectivity index (χ1) is 15.7. The Morgan fingerprint density at radius 2 is 1.53 bits per heavy atom. The average Bonchev–Trinajstić information content (AvgIpc) is 3.16. The zero-order valence-corrected chi connectivity index (χ0v) is 17.6. The van der Waals surface area contributed by atoms with Gasteiger partial charge in [0.15, 0.2) is 5.65 Å². The predicted octanol–water partition coefficient (Wildman–Crippen LogP) is 4.69. The van der Waals surface area contributed by atoms with Crippen molar-refractivity contribution in [3.63, 3.8) is 0 Å². The predicted molar refractivity (Wildman–Crippen MR) is 123 cm³/mol. The Labute approximate surface area is 185 Å². The van der Waals surface area contributed by atoms with E-state index in [0.717, 1.165) is 28.1 Å². The lowest BCUT2D eigenvalue weighted by Crippen LogP contribution is -2.00. The molecule has 32 heavy (non-hydrogen) atoms. The number of aromatic nitrogens is 4. The van der Waals surface area contributed by atoms with E-state index in [-0.39, 0.29) is 5.88 Å². The monoisotopic (exact) mass is 422 g/mol. The summed E-state index contributed by atoms with van der Waals surface area (Å²) in [6.07, 6.45) is 4.65. The number of methoxy groups -OCH3 is 1. The number of aromatic hydroxyl groups is 1. The van der Waals surface area contributed by atoms with Crippen molar-refractivity contribution in [2.45, 2.75) is 12.8 Å². The number of pyridine rings is 1. The summed E-state index contributed by atoms with van der Waals surface area (Å²) in [4.78, 5) is 14.0. The number of imidazole rings is 1. The minimum absolute atomic E-state index is 0.115. The van der Waals surface area contributed by atoms with E-state index in [9.17, 15) is 5.11 Å². The normalized spacial score (nSPS) is 11.0. The number of fused-ring (bicyclic) bond motifs is 1. The topological polar surface area (TPSA) is 72.5 Å². The fraction of sp³-hybridized carbons (Fsp3) is 0.115. The van der Waals surface area contributed by atoms with Crippen LogP contribution in [0.5, 0.6) is 11.8 Å². The molecule has 2 aromatic carbocycles. The summed E-state index contributed by atoms with van der Waals surface area (Å²) >= 11 is 0. The van der Waals surface area contributed by atoms with Gasteiger partial charge in [0.1, 0.15) is 5.69 Å². The molecule has 0 saturated heterocycles. The second-order valence-corrected chi connectivity index (χ2v) is 7.56. The van der Waals surface area contributed by atoms with Gasteiger partial charge in [0.2, 0.25) is 11.8 Å². The summed E-state index contributed by atoms with van der Waals surface area (Å²) in [6, 6.07) is 23.8. The molecule has 1 N–H and O–H groups in total. The number of benzene rings is 2. The van der Waals surface area contributed by atoms with Crippen molar-refractivity contribution in [3.05, 3.63) is 108 Å². The van der Waals surface area contributed by atoms with Gasteiger partial charge in [-0.15, -0.1) is 0 Å². The van der Waals surface area contributed by atoms with Gasteiger partial charge in [0.05, 0.1) is 18.5 Å². The Balaban J connectivity index is 1.61. The molecular formula is C26H22N4O2. The standard InChI is InChI=1S/C26H22N4O2/c1-32-24-13-12-19(16-27-24)15-22-26(31)30-17-23(20-10-6-3-7-11-20)28-21(25(30)29-22)14-18-8-4-2-5-9-18/h2-13,16-17,31H,14-15H2,1H3. The van der Waals surface area contributed by atoms with Crippen molar-refractivity contribution in [2.24, 2.45) is 0 Å². The molecule has 3 aromatic heterocycles. The maximum absolute atomic E-state index is 11.0. The van der Waals surface area contributed by atoms with Gasteiger partial charge in [0, 0.05) is 36.9 Å². The summed E-state index contributed by atoms with van der Waals surface area (Å²) in [5, 5.41) is 11.0. The van der Waals surface area contributed by atoms with E-state index in [1.807, 2.05) is 60.8 Å². The average molecular weight is 422 g/mol. The molecule has 0 amide bonds. The molecule has 0 aliphatic heterocycles. The van der Waals surface area contributed by atoms with E-state index < -0.39 is 0 Å². The zero-order chi connectivity index (χ0) is 21.9. The quantitative estimate of drug-likeness (QED) is 0.430. The van der Waals surface area contributed by atoms with Gasteiger partial charge in [-0.3, -0.25) is 4.40 Å². The summed E-state index contributed by atoms with van der Waals surface area (Å²) in [7, 11) is 1.58. The van der Waals surface area contributed by atoms with Crippen molar-refractivity contribution in [2.75, 3.05) is 7.11 Å². The second kappa shape index (κ2) is 8.51. The SMILES string of the molecule is COc1ccc(Cc2nc3c(Cc4ccccc4)nc(-c4ccccc4)cn3c2O)cn1. The lowest BCUT2D eigenvalue weighted by molar-refractivity contribution is 0.397. The number of rotatable bonds is 6. The fourth-order valence-corrected chi connectivity index (χ4v) is 3.75. The number of nitrogens with zero attached hydrogens (tertiary/aromatic N) is 4. The molecule has 0 unspecified atom stereocenters. The first kappa shape index (κ1) is 19.8. The Morgan fingerprint density at radius 3 is 2.22 bits per heavy atom. The minimum Gasteiger partial charge on any atom is -0.493 e. The van der Waals surface area contributed by atoms with Crippen LogP contribution in [0.1, 0.15) is 22.5 Å². The van der Waals surface area contributed by atoms with Crippen LogP contribution in [0.15, 0.2) is 85.2 Å². The smallest absolute Gasteiger partial charge is 0.219 e. The molecule has 5 aromatic rings. The zero-order valence-electron chi connectivity index (χ0n) is 17.6. The molecule has 0 spiro atoms. The van der Waals surface area contributed by atoms with E-state index in [0.29, 0.717) is 30.1 Å². The van der Waals surface area contributed by atoms with Gasteiger partial charge in [-0.25, -0.2) is 15.0 Å². The first-order valence-electron chi connectivity index (χ1n) is 10.4. The third-order valence-electron chi connectivity index (χ3n) is 5.38. The van der Waals surface area contributed by atoms with Gasteiger partial charge in [-0.2, -0.15) is 0 Å². The number of ether oxygens (including phenoxy) is 1. The highest BCUT2D eigenvalue weighted by atomic mass is 16.5. The van der Waals surface area contributed by atoms with Gasteiger partial charge in [0.25, 0.3) is 0 Å². The molecule has 6 heteroatoms. The van der Waals surface area contributed by atoms with Crippen molar-refractivity contribution >= 4 is 5.65 Å². The van der Waals surface area contributed by atoms with Crippen molar-refractivity contribution < 1.29 is 9.84 Å². The van der Waals surface area contributed by atoms with Crippen molar-refractivity contribution in [1.82, 2.24) is 19.4 Å². The highest BCUT2D eigenvalue weighted by Crippen LogP contribution is 2.28. The van der Waals surface area contributed by atoms with Crippen LogP contribution < -0.4 is 4.74 Å². The van der Waals surface area contributed by atoms with E-state index in [1.54, 1.807) is 23.8 Å². The Kier molecular flexibility index (Phi) is 5.25. The van der Waals surface area contributed by atoms with Gasteiger partial charge in [-0.1, -0.05) is 66.7 Å². The van der Waals surface area contributed by atoms with Crippen LogP contribution in [-0.4, -0.2) is 31.6 Å². The number of hydrogen-bond acceptors (Lipinski definition) is 5. The molecule has 5 rings (SSSR count). The Hall–Kier alpha value is -4.19. The minimum atomic E-state index is 0.115. The summed E-state index contributed by atoms with van der Waals surface area (Å²) in [6.45, 7) is 0. The third-order valence-corrected chi connectivity index (χ3v) is 5.38. The van der Waals surface area contributed by atoms with Crippen molar-refractivity contribution in [1.29, 1.82) is 0 Å². The highest BCUT2D eigenvalue weighted by Gasteiger charge is 2.18. The van der Waals surface area contributed by atoms with Gasteiger partial charge < -0.3 is 9.84 Å². The van der Waals surface area contributed by atoms with Crippen LogP contribution >= 0.6 is 0 Å². The lowest BCUT2D eigenvalue weighted by Gasteiger charge is -2.08. The summed E-state index contributed by atoms with van der Waals surface area (Å²) in [5.74, 6) is 0.666. The van der Waals surface area contributed by atoms with Gasteiger partial charge >= 0.3 is 0 Å². The molecule has 0 radical (unpaired) electrons. The van der Waals surface area contributed by atoms with E-state index in [2.05, 4.69) is 17.1 Å². The van der Waals surface area contributed by atoms with Crippen LogP contribution in [0.25, 0.3) is 16.9 Å². The molecule has 3 heterocycles. The largest absolute Gasteiger partial charge is 0.493 e. The molecule has 0 aliphatic carbocycles. The molecule has 0 bridgehead atoms. The third kappa shape index (κ3) is 3.90. The van der Waals surface area contributed by atoms with Crippen LogP contribution in [0.3, 0.4) is 0 Å². The maximum atomic E-state index is 11.0. The molecule has 0 atom stereocenters. The van der Waals surface area contributed by atoms with E-state index in [1.165, 1.54) is 0 Å². The van der Waals surface area contributed by atoms with Crippen LogP contribution in [0, 0.1) is 0 Å². The second-order valence-electron chi connectivity index (χ2n) is 7.56.